The molecule has 0 saturated carbocycles. The maximum absolute atomic E-state index is 9.56. The second-order valence-corrected chi connectivity index (χ2v) is 5.49. The molecule has 1 aromatic heterocycles. The fourth-order valence-corrected chi connectivity index (χ4v) is 3.00. The molecule has 0 aliphatic heterocycles. The van der Waals surface area contributed by atoms with E-state index in [4.69, 9.17) is 9.15 Å². The third kappa shape index (κ3) is 3.12. The second-order valence-electron chi connectivity index (χ2n) is 5.49. The second kappa shape index (κ2) is 6.33. The van der Waals surface area contributed by atoms with Crippen LogP contribution < -0.4 is 10.1 Å². The molecular weight excluding hydrogens is 266 g/mol. The lowest BCUT2D eigenvalue weighted by molar-refractivity contribution is 0.210. The Morgan fingerprint density at radius 2 is 2.29 bits per heavy atom. The molecule has 0 unspecified atom stereocenters. The number of hydrogen-bond acceptors (Lipinski definition) is 4. The Bertz CT molecular complexity index is 580. The molecule has 112 valence electrons. The summed E-state index contributed by atoms with van der Waals surface area (Å²) in [4.78, 5) is 0. The molecule has 2 atom stereocenters. The highest BCUT2D eigenvalue weighted by Gasteiger charge is 2.23. The van der Waals surface area contributed by atoms with Crippen LogP contribution in [0.4, 0.5) is 0 Å². The molecule has 0 fully saturated rings. The van der Waals surface area contributed by atoms with E-state index in [1.165, 1.54) is 11.1 Å². The quantitative estimate of drug-likeness (QED) is 0.887. The highest BCUT2D eigenvalue weighted by Crippen LogP contribution is 2.27. The highest BCUT2D eigenvalue weighted by molar-refractivity contribution is 5.38. The maximum atomic E-state index is 9.56. The lowest BCUT2D eigenvalue weighted by Crippen LogP contribution is -2.38. The van der Waals surface area contributed by atoms with Gasteiger partial charge in [-0.2, -0.15) is 0 Å². The van der Waals surface area contributed by atoms with Crippen LogP contribution in [-0.4, -0.2) is 24.9 Å². The van der Waals surface area contributed by atoms with E-state index in [0.29, 0.717) is 6.04 Å². The lowest BCUT2D eigenvalue weighted by atomic mass is 9.87. The van der Waals surface area contributed by atoms with Crippen molar-refractivity contribution in [3.63, 3.8) is 0 Å². The summed E-state index contributed by atoms with van der Waals surface area (Å²) in [7, 11) is 1.69. The molecule has 1 aliphatic rings. The number of rotatable bonds is 5. The number of fused-ring (bicyclic) bond motifs is 1. The minimum atomic E-state index is -0.142. The van der Waals surface area contributed by atoms with Crippen molar-refractivity contribution in [1.82, 2.24) is 5.32 Å². The maximum Gasteiger partial charge on any atom is 0.123 e. The SMILES string of the molecule is COc1ccc2c(c1)C[C@@H](N[C@H](CO)c1ccco1)CC2. The number of aliphatic hydroxyl groups is 1. The molecule has 0 radical (unpaired) electrons. The van der Waals surface area contributed by atoms with Crippen molar-refractivity contribution in [3.8, 4) is 5.75 Å². The van der Waals surface area contributed by atoms with Crippen LogP contribution in [0.5, 0.6) is 5.75 Å². The Balaban J connectivity index is 1.70. The van der Waals surface area contributed by atoms with Crippen molar-refractivity contribution >= 4 is 0 Å². The Kier molecular flexibility index (Phi) is 4.27. The van der Waals surface area contributed by atoms with Gasteiger partial charge in [-0.15, -0.1) is 0 Å². The first-order valence-electron chi connectivity index (χ1n) is 7.36. The number of nitrogens with one attached hydrogen (secondary N) is 1. The molecule has 4 nitrogen and oxygen atoms in total. The van der Waals surface area contributed by atoms with E-state index in [1.54, 1.807) is 13.4 Å². The molecule has 3 rings (SSSR count). The zero-order valence-electron chi connectivity index (χ0n) is 12.2. The molecular formula is C17H21NO3. The third-order valence-electron chi connectivity index (χ3n) is 4.15. The van der Waals surface area contributed by atoms with Gasteiger partial charge in [0.15, 0.2) is 0 Å². The van der Waals surface area contributed by atoms with E-state index in [2.05, 4.69) is 17.4 Å². The van der Waals surface area contributed by atoms with Gasteiger partial charge in [0.25, 0.3) is 0 Å². The van der Waals surface area contributed by atoms with Gasteiger partial charge in [0, 0.05) is 6.04 Å². The van der Waals surface area contributed by atoms with E-state index in [1.807, 2.05) is 18.2 Å². The van der Waals surface area contributed by atoms with Crippen molar-refractivity contribution in [2.45, 2.75) is 31.3 Å². The number of hydrogen-bond donors (Lipinski definition) is 2. The van der Waals surface area contributed by atoms with Crippen LogP contribution >= 0.6 is 0 Å². The minimum absolute atomic E-state index is 0.0367. The molecule has 2 N–H and O–H groups in total. The Labute approximate surface area is 124 Å². The van der Waals surface area contributed by atoms with Gasteiger partial charge in [0.2, 0.25) is 0 Å². The van der Waals surface area contributed by atoms with Crippen molar-refractivity contribution in [1.29, 1.82) is 0 Å². The van der Waals surface area contributed by atoms with Crippen LogP contribution in [0.2, 0.25) is 0 Å². The van der Waals surface area contributed by atoms with Gasteiger partial charge >= 0.3 is 0 Å². The number of aliphatic hydroxyl groups excluding tert-OH is 1. The summed E-state index contributed by atoms with van der Waals surface area (Å²) in [5.41, 5.74) is 2.72. The zero-order valence-corrected chi connectivity index (χ0v) is 12.2. The predicted molar refractivity (Wildman–Crippen MR) is 80.5 cm³/mol. The fourth-order valence-electron chi connectivity index (χ4n) is 3.00. The van der Waals surface area contributed by atoms with Gasteiger partial charge in [0.05, 0.1) is 26.0 Å². The standard InChI is InChI=1S/C17H21NO3/c1-20-15-7-5-12-4-6-14(9-13(12)10-15)18-16(11-19)17-3-2-8-21-17/h2-3,5,7-8,10,14,16,18-19H,4,6,9,11H2,1H3/t14-,16+/m0/s1. The van der Waals surface area contributed by atoms with Crippen LogP contribution in [0, 0.1) is 0 Å². The van der Waals surface area contributed by atoms with Crippen LogP contribution in [0.15, 0.2) is 41.0 Å². The van der Waals surface area contributed by atoms with Crippen molar-refractivity contribution in [2.75, 3.05) is 13.7 Å². The van der Waals surface area contributed by atoms with Gasteiger partial charge in [-0.05, 0) is 54.7 Å². The van der Waals surface area contributed by atoms with Gasteiger partial charge in [-0.25, -0.2) is 0 Å². The summed E-state index contributed by atoms with van der Waals surface area (Å²) in [6, 6.07) is 10.2. The Morgan fingerprint density at radius 3 is 3.00 bits per heavy atom. The summed E-state index contributed by atoms with van der Waals surface area (Å²) < 4.78 is 10.7. The number of benzene rings is 1. The topological polar surface area (TPSA) is 54.6 Å². The van der Waals surface area contributed by atoms with E-state index in [0.717, 1.165) is 30.8 Å². The first-order valence-corrected chi connectivity index (χ1v) is 7.36. The van der Waals surface area contributed by atoms with Gasteiger partial charge in [0.1, 0.15) is 11.5 Å². The predicted octanol–water partition coefficient (Wildman–Crippen LogP) is 2.47. The van der Waals surface area contributed by atoms with Crippen molar-refractivity contribution in [3.05, 3.63) is 53.5 Å². The molecule has 1 heterocycles. The lowest BCUT2D eigenvalue weighted by Gasteiger charge is -2.28. The number of ether oxygens (including phenoxy) is 1. The van der Waals surface area contributed by atoms with E-state index >= 15 is 0 Å². The normalized spacial score (nSPS) is 19.0. The zero-order chi connectivity index (χ0) is 14.7. The molecule has 1 aliphatic carbocycles. The molecule has 4 heteroatoms. The largest absolute Gasteiger partial charge is 0.497 e. The summed E-state index contributed by atoms with van der Waals surface area (Å²) in [6.07, 6.45) is 4.70. The fraction of sp³-hybridized carbons (Fsp3) is 0.412. The van der Waals surface area contributed by atoms with Crippen LogP contribution in [0.1, 0.15) is 29.3 Å². The molecule has 0 amide bonds. The monoisotopic (exact) mass is 287 g/mol. The highest BCUT2D eigenvalue weighted by atomic mass is 16.5. The van der Waals surface area contributed by atoms with Crippen molar-refractivity contribution < 1.29 is 14.3 Å². The van der Waals surface area contributed by atoms with E-state index < -0.39 is 0 Å². The summed E-state index contributed by atoms with van der Waals surface area (Å²) in [5, 5.41) is 13.1. The van der Waals surface area contributed by atoms with Gasteiger partial charge in [-0.1, -0.05) is 6.07 Å². The molecule has 2 aromatic rings. The summed E-state index contributed by atoms with van der Waals surface area (Å²) in [6.45, 7) is 0.0367. The van der Waals surface area contributed by atoms with Gasteiger partial charge in [-0.3, -0.25) is 0 Å². The molecule has 0 saturated heterocycles. The average molecular weight is 287 g/mol. The molecule has 1 aromatic carbocycles. The van der Waals surface area contributed by atoms with Crippen LogP contribution in [0.3, 0.4) is 0 Å². The van der Waals surface area contributed by atoms with Crippen LogP contribution in [0.25, 0.3) is 0 Å². The first kappa shape index (κ1) is 14.2. The molecule has 0 spiro atoms. The molecule has 0 bridgehead atoms. The average Bonchev–Trinajstić information content (AvgIpc) is 3.06. The Hall–Kier alpha value is -1.78. The number of methoxy groups -OCH3 is 1. The number of aryl methyl sites for hydroxylation is 1. The minimum Gasteiger partial charge on any atom is -0.497 e. The summed E-state index contributed by atoms with van der Waals surface area (Å²) in [5.74, 6) is 1.69. The smallest absolute Gasteiger partial charge is 0.123 e. The van der Waals surface area contributed by atoms with Gasteiger partial charge < -0.3 is 19.6 Å². The van der Waals surface area contributed by atoms with E-state index in [-0.39, 0.29) is 12.6 Å². The first-order chi connectivity index (χ1) is 10.3. The third-order valence-corrected chi connectivity index (χ3v) is 4.15. The van der Waals surface area contributed by atoms with Crippen molar-refractivity contribution in [2.24, 2.45) is 0 Å². The van der Waals surface area contributed by atoms with Crippen LogP contribution in [-0.2, 0) is 12.8 Å². The van der Waals surface area contributed by atoms with E-state index in [9.17, 15) is 5.11 Å². The number of furan rings is 1. The summed E-state index contributed by atoms with van der Waals surface area (Å²) >= 11 is 0. The Morgan fingerprint density at radius 1 is 1.38 bits per heavy atom. The molecule has 21 heavy (non-hydrogen) atoms.